The average molecular weight is 361 g/mol. The third kappa shape index (κ3) is 5.35. The van der Waals surface area contributed by atoms with Gasteiger partial charge in [0.15, 0.2) is 0 Å². The molecule has 0 radical (unpaired) electrons. The molecule has 0 fully saturated rings. The van der Waals surface area contributed by atoms with E-state index in [1.807, 2.05) is 42.5 Å². The first-order chi connectivity index (χ1) is 13.3. The summed E-state index contributed by atoms with van der Waals surface area (Å²) in [6.07, 6.45) is 0.911. The lowest BCUT2D eigenvalue weighted by molar-refractivity contribution is 0.292. The van der Waals surface area contributed by atoms with Gasteiger partial charge in [-0.05, 0) is 36.6 Å². The first kappa shape index (κ1) is 19.0. The molecular weight excluding hydrogens is 334 g/mol. The molecule has 0 heterocycles. The van der Waals surface area contributed by atoms with Gasteiger partial charge in [-0.2, -0.15) is 0 Å². The molecule has 27 heavy (non-hydrogen) atoms. The van der Waals surface area contributed by atoms with E-state index >= 15 is 0 Å². The molecule has 0 aliphatic heterocycles. The molecule has 0 amide bonds. The molecule has 0 aliphatic carbocycles. The summed E-state index contributed by atoms with van der Waals surface area (Å²) in [6.45, 7) is 3.39. The number of benzene rings is 3. The minimum Gasteiger partial charge on any atom is -0.487 e. The summed E-state index contributed by atoms with van der Waals surface area (Å²) in [5, 5.41) is 9.63. The third-order valence-corrected chi connectivity index (χ3v) is 4.66. The highest BCUT2D eigenvalue weighted by Gasteiger charge is 2.18. The summed E-state index contributed by atoms with van der Waals surface area (Å²) in [5.74, 6) is 0.842. The van der Waals surface area contributed by atoms with E-state index in [9.17, 15) is 5.11 Å². The Balaban J connectivity index is 1.78. The molecule has 140 valence electrons. The minimum absolute atomic E-state index is 0.103. The lowest BCUT2D eigenvalue weighted by atomic mass is 10.0. The van der Waals surface area contributed by atoms with E-state index in [2.05, 4.69) is 54.3 Å². The van der Waals surface area contributed by atoms with Crippen molar-refractivity contribution in [3.63, 3.8) is 0 Å². The van der Waals surface area contributed by atoms with E-state index in [1.165, 1.54) is 5.56 Å². The van der Waals surface area contributed by atoms with Crippen molar-refractivity contribution in [2.24, 2.45) is 0 Å². The highest BCUT2D eigenvalue weighted by Crippen LogP contribution is 2.31. The zero-order chi connectivity index (χ0) is 18.9. The van der Waals surface area contributed by atoms with E-state index in [0.29, 0.717) is 13.2 Å². The van der Waals surface area contributed by atoms with Crippen molar-refractivity contribution in [2.45, 2.75) is 26.0 Å². The molecule has 3 nitrogen and oxygen atoms in total. The second-order valence-corrected chi connectivity index (χ2v) is 6.70. The van der Waals surface area contributed by atoms with Crippen LogP contribution in [0.25, 0.3) is 0 Å². The molecule has 0 aromatic heterocycles. The number of aliphatic hydroxyl groups excluding tert-OH is 1. The fourth-order valence-electron chi connectivity index (χ4n) is 3.30. The van der Waals surface area contributed by atoms with Crippen LogP contribution in [-0.4, -0.2) is 24.3 Å². The Hall–Kier alpha value is -2.78. The number of anilines is 1. The SMILES string of the molecule is CC(Cc1ccccc1)N(CCO)c1ccccc1OCc1ccccc1. The predicted molar refractivity (Wildman–Crippen MR) is 111 cm³/mol. The Kier molecular flexibility index (Phi) is 6.89. The summed E-state index contributed by atoms with van der Waals surface area (Å²) in [6, 6.07) is 28.9. The number of para-hydroxylation sites is 2. The van der Waals surface area contributed by atoms with Gasteiger partial charge in [-0.15, -0.1) is 0 Å². The molecule has 0 spiro atoms. The van der Waals surface area contributed by atoms with Crippen LogP contribution in [0.3, 0.4) is 0 Å². The number of nitrogens with zero attached hydrogens (tertiary/aromatic N) is 1. The van der Waals surface area contributed by atoms with E-state index in [0.717, 1.165) is 23.4 Å². The van der Waals surface area contributed by atoms with Gasteiger partial charge in [0.25, 0.3) is 0 Å². The van der Waals surface area contributed by atoms with E-state index in [4.69, 9.17) is 4.74 Å². The largest absolute Gasteiger partial charge is 0.487 e. The lowest BCUT2D eigenvalue weighted by Gasteiger charge is -2.32. The van der Waals surface area contributed by atoms with Gasteiger partial charge in [0.2, 0.25) is 0 Å². The smallest absolute Gasteiger partial charge is 0.143 e. The van der Waals surface area contributed by atoms with Gasteiger partial charge in [-0.1, -0.05) is 72.8 Å². The summed E-state index contributed by atoms with van der Waals surface area (Å²) in [5.41, 5.74) is 3.44. The zero-order valence-corrected chi connectivity index (χ0v) is 15.8. The fraction of sp³-hybridized carbons (Fsp3) is 0.250. The number of rotatable bonds is 9. The normalized spacial score (nSPS) is 11.8. The molecule has 3 aromatic rings. The molecule has 3 heteroatoms. The van der Waals surface area contributed by atoms with Crippen LogP contribution in [0.1, 0.15) is 18.1 Å². The van der Waals surface area contributed by atoms with Crippen molar-refractivity contribution >= 4 is 5.69 Å². The van der Waals surface area contributed by atoms with Crippen LogP contribution >= 0.6 is 0 Å². The summed E-state index contributed by atoms with van der Waals surface area (Å²) < 4.78 is 6.13. The van der Waals surface area contributed by atoms with Gasteiger partial charge in [0.1, 0.15) is 12.4 Å². The maximum atomic E-state index is 9.63. The van der Waals surface area contributed by atoms with Gasteiger partial charge in [0, 0.05) is 12.6 Å². The maximum Gasteiger partial charge on any atom is 0.143 e. The second-order valence-electron chi connectivity index (χ2n) is 6.70. The average Bonchev–Trinajstić information content (AvgIpc) is 2.72. The van der Waals surface area contributed by atoms with Crippen LogP contribution < -0.4 is 9.64 Å². The van der Waals surface area contributed by atoms with Crippen molar-refractivity contribution in [3.8, 4) is 5.75 Å². The van der Waals surface area contributed by atoms with E-state index in [-0.39, 0.29) is 12.6 Å². The zero-order valence-electron chi connectivity index (χ0n) is 15.8. The van der Waals surface area contributed by atoms with E-state index < -0.39 is 0 Å². The Labute approximate surface area is 161 Å². The van der Waals surface area contributed by atoms with Gasteiger partial charge in [-0.25, -0.2) is 0 Å². The van der Waals surface area contributed by atoms with Crippen molar-refractivity contribution < 1.29 is 9.84 Å². The first-order valence-corrected chi connectivity index (χ1v) is 9.45. The molecule has 1 N–H and O–H groups in total. The maximum absolute atomic E-state index is 9.63. The number of ether oxygens (including phenoxy) is 1. The van der Waals surface area contributed by atoms with E-state index in [1.54, 1.807) is 0 Å². The molecule has 1 unspecified atom stereocenters. The number of hydrogen-bond acceptors (Lipinski definition) is 3. The van der Waals surface area contributed by atoms with Crippen LogP contribution in [0.2, 0.25) is 0 Å². The Morgan fingerprint density at radius 2 is 1.41 bits per heavy atom. The predicted octanol–water partition coefficient (Wildman–Crippen LogP) is 4.70. The third-order valence-electron chi connectivity index (χ3n) is 4.66. The van der Waals surface area contributed by atoms with Crippen LogP contribution in [-0.2, 0) is 13.0 Å². The standard InChI is InChI=1S/C24H27NO2/c1-20(18-21-10-4-2-5-11-21)25(16-17-26)23-14-8-9-15-24(23)27-19-22-12-6-3-7-13-22/h2-15,20,26H,16-19H2,1H3. The topological polar surface area (TPSA) is 32.7 Å². The molecule has 3 rings (SSSR count). The van der Waals surface area contributed by atoms with Gasteiger partial charge >= 0.3 is 0 Å². The van der Waals surface area contributed by atoms with Gasteiger partial charge in [0.05, 0.1) is 12.3 Å². The summed E-state index contributed by atoms with van der Waals surface area (Å²) >= 11 is 0. The minimum atomic E-state index is 0.103. The highest BCUT2D eigenvalue weighted by atomic mass is 16.5. The van der Waals surface area contributed by atoms with Crippen molar-refractivity contribution in [3.05, 3.63) is 96.1 Å². The number of aliphatic hydroxyl groups is 1. The van der Waals surface area contributed by atoms with Gasteiger partial charge in [-0.3, -0.25) is 0 Å². The molecule has 1 atom stereocenters. The van der Waals surface area contributed by atoms with Gasteiger partial charge < -0.3 is 14.7 Å². The molecule has 3 aromatic carbocycles. The van der Waals surface area contributed by atoms with Crippen LogP contribution in [0.5, 0.6) is 5.75 Å². The van der Waals surface area contributed by atoms with Crippen LogP contribution in [0, 0.1) is 0 Å². The highest BCUT2D eigenvalue weighted by molar-refractivity contribution is 5.59. The fourth-order valence-corrected chi connectivity index (χ4v) is 3.30. The van der Waals surface area contributed by atoms with Crippen molar-refractivity contribution in [1.29, 1.82) is 0 Å². The molecule has 0 bridgehead atoms. The van der Waals surface area contributed by atoms with Crippen molar-refractivity contribution in [1.82, 2.24) is 0 Å². The number of hydrogen-bond donors (Lipinski definition) is 1. The van der Waals surface area contributed by atoms with Crippen LogP contribution in [0.15, 0.2) is 84.9 Å². The monoisotopic (exact) mass is 361 g/mol. The summed E-state index contributed by atoms with van der Waals surface area (Å²) in [7, 11) is 0. The first-order valence-electron chi connectivity index (χ1n) is 9.45. The quantitative estimate of drug-likeness (QED) is 0.600. The Bertz CT molecular complexity index is 805. The second kappa shape index (κ2) is 9.79. The molecule has 0 saturated carbocycles. The Morgan fingerprint density at radius 1 is 0.815 bits per heavy atom. The lowest BCUT2D eigenvalue weighted by Crippen LogP contribution is -2.37. The van der Waals surface area contributed by atoms with Crippen molar-refractivity contribution in [2.75, 3.05) is 18.1 Å². The Morgan fingerprint density at radius 3 is 2.07 bits per heavy atom. The van der Waals surface area contributed by atoms with Crippen LogP contribution in [0.4, 0.5) is 5.69 Å². The molecular formula is C24H27NO2. The molecule has 0 saturated heterocycles. The molecule has 0 aliphatic rings. The summed E-state index contributed by atoms with van der Waals surface area (Å²) in [4.78, 5) is 2.23.